The van der Waals surface area contributed by atoms with E-state index in [4.69, 9.17) is 11.6 Å². The average Bonchev–Trinajstić information content (AvgIpc) is 2.22. The minimum atomic E-state index is -3.79. The number of halogens is 1. The molecule has 0 aromatic heterocycles. The van der Waals surface area contributed by atoms with Gasteiger partial charge >= 0.3 is 16.3 Å². The molecule has 0 aliphatic heterocycles. The smallest absolute Gasteiger partial charge is 0.421 e. The van der Waals surface area contributed by atoms with Crippen molar-refractivity contribution in [1.29, 1.82) is 0 Å². The maximum absolute atomic E-state index is 11.1. The number of ether oxygens (including phenoxy) is 1. The molecule has 0 heterocycles. The van der Waals surface area contributed by atoms with E-state index < -0.39 is 16.3 Å². The molecule has 0 radical (unpaired) electrons. The zero-order chi connectivity index (χ0) is 12.4. The van der Waals surface area contributed by atoms with Crippen molar-refractivity contribution < 1.29 is 17.9 Å². The standard InChI is InChI=1S/C8H17ClN2O4S/c1-15-8(12)11-16(13,14)10-7-5-3-2-4-6-9/h10H,2-7H2,1H3,(H,11,12). The molecule has 0 saturated carbocycles. The Bertz CT molecular complexity index is 294. The SMILES string of the molecule is COC(=O)NS(=O)(=O)NCCCCCCCl. The summed E-state index contributed by atoms with van der Waals surface area (Å²) < 4.78 is 30.4. The fraction of sp³-hybridized carbons (Fsp3) is 0.875. The average molecular weight is 273 g/mol. The van der Waals surface area contributed by atoms with Crippen LogP contribution in [0.5, 0.6) is 0 Å². The number of methoxy groups -OCH3 is 1. The molecule has 0 bridgehead atoms. The first kappa shape index (κ1) is 15.5. The van der Waals surface area contributed by atoms with Crippen LogP contribution in [0.4, 0.5) is 4.79 Å². The van der Waals surface area contributed by atoms with Crippen LogP contribution in [0.1, 0.15) is 25.7 Å². The number of amides is 1. The van der Waals surface area contributed by atoms with E-state index in [-0.39, 0.29) is 6.54 Å². The van der Waals surface area contributed by atoms with Crippen molar-refractivity contribution in [2.24, 2.45) is 0 Å². The lowest BCUT2D eigenvalue weighted by Gasteiger charge is -2.06. The van der Waals surface area contributed by atoms with Crippen LogP contribution < -0.4 is 9.44 Å². The van der Waals surface area contributed by atoms with Gasteiger partial charge in [-0.15, -0.1) is 11.6 Å². The topological polar surface area (TPSA) is 84.5 Å². The largest absolute Gasteiger partial charge is 0.452 e. The van der Waals surface area contributed by atoms with E-state index in [0.717, 1.165) is 26.4 Å². The summed E-state index contributed by atoms with van der Waals surface area (Å²) in [5.41, 5.74) is 0. The Hall–Kier alpha value is -0.530. The molecule has 0 aliphatic carbocycles. The Morgan fingerprint density at radius 3 is 2.44 bits per heavy atom. The van der Waals surface area contributed by atoms with Gasteiger partial charge in [-0.2, -0.15) is 13.1 Å². The molecule has 0 fully saturated rings. The number of nitrogens with one attached hydrogen (secondary N) is 2. The number of hydrogen-bond donors (Lipinski definition) is 2. The van der Waals surface area contributed by atoms with Gasteiger partial charge in [-0.1, -0.05) is 12.8 Å². The molecule has 0 spiro atoms. The molecule has 0 atom stereocenters. The molecule has 0 aromatic rings. The van der Waals surface area contributed by atoms with Gasteiger partial charge in [0, 0.05) is 12.4 Å². The number of rotatable bonds is 8. The summed E-state index contributed by atoms with van der Waals surface area (Å²) in [5, 5.41) is 0. The van der Waals surface area contributed by atoms with Gasteiger partial charge in [0.1, 0.15) is 0 Å². The van der Waals surface area contributed by atoms with Crippen LogP contribution in [0.25, 0.3) is 0 Å². The number of alkyl halides is 1. The highest BCUT2D eigenvalue weighted by atomic mass is 35.5. The summed E-state index contributed by atoms with van der Waals surface area (Å²) in [5.74, 6) is 0.621. The second-order valence-corrected chi connectivity index (χ2v) is 4.97. The number of hydrogen-bond acceptors (Lipinski definition) is 4. The molecule has 2 N–H and O–H groups in total. The first-order valence-corrected chi connectivity index (χ1v) is 6.95. The fourth-order valence-electron chi connectivity index (χ4n) is 0.967. The van der Waals surface area contributed by atoms with E-state index in [1.807, 2.05) is 0 Å². The van der Waals surface area contributed by atoms with Crippen LogP contribution in [-0.4, -0.2) is 34.0 Å². The first-order chi connectivity index (χ1) is 7.52. The van der Waals surface area contributed by atoms with Crippen molar-refractivity contribution >= 4 is 27.9 Å². The molecule has 8 heteroatoms. The second kappa shape index (κ2) is 8.60. The van der Waals surface area contributed by atoms with Crippen molar-refractivity contribution in [3.05, 3.63) is 0 Å². The highest BCUT2D eigenvalue weighted by molar-refractivity contribution is 7.88. The number of unbranched alkanes of at least 4 members (excludes halogenated alkanes) is 3. The summed E-state index contributed by atoms with van der Waals surface area (Å²) in [4.78, 5) is 10.6. The van der Waals surface area contributed by atoms with Gasteiger partial charge in [0.25, 0.3) is 0 Å². The molecule has 0 saturated heterocycles. The predicted octanol–water partition coefficient (Wildman–Crippen LogP) is 0.976. The zero-order valence-corrected chi connectivity index (χ0v) is 10.7. The third-order valence-electron chi connectivity index (χ3n) is 1.76. The molecule has 0 aromatic carbocycles. The van der Waals surface area contributed by atoms with Crippen molar-refractivity contribution in [2.75, 3.05) is 19.5 Å². The minimum absolute atomic E-state index is 0.286. The molecule has 1 amide bonds. The molecule has 0 rings (SSSR count). The maximum Gasteiger partial charge on any atom is 0.421 e. The van der Waals surface area contributed by atoms with Crippen LogP contribution in [0.15, 0.2) is 0 Å². The van der Waals surface area contributed by atoms with E-state index in [1.54, 1.807) is 4.72 Å². The molecule has 96 valence electrons. The first-order valence-electron chi connectivity index (χ1n) is 4.93. The van der Waals surface area contributed by atoms with Gasteiger partial charge in [-0.25, -0.2) is 9.52 Å². The highest BCUT2D eigenvalue weighted by Gasteiger charge is 2.12. The third-order valence-corrected chi connectivity index (χ3v) is 3.04. The second-order valence-electron chi connectivity index (χ2n) is 3.09. The van der Waals surface area contributed by atoms with Gasteiger partial charge in [-0.05, 0) is 12.8 Å². The summed E-state index contributed by atoms with van der Waals surface area (Å²) >= 11 is 5.49. The summed E-state index contributed by atoms with van der Waals surface area (Å²) in [7, 11) is -2.69. The maximum atomic E-state index is 11.1. The third kappa shape index (κ3) is 8.75. The number of carbonyl (C=O) groups is 1. The quantitative estimate of drug-likeness (QED) is 0.509. The number of carbonyl (C=O) groups excluding carboxylic acids is 1. The Morgan fingerprint density at radius 1 is 1.25 bits per heavy atom. The molecule has 6 nitrogen and oxygen atoms in total. The monoisotopic (exact) mass is 272 g/mol. The van der Waals surface area contributed by atoms with Crippen LogP contribution in [0.3, 0.4) is 0 Å². The summed E-state index contributed by atoms with van der Waals surface area (Å²) in [6, 6.07) is 0. The molecule has 0 aliphatic rings. The predicted molar refractivity (Wildman–Crippen MR) is 61.7 cm³/mol. The van der Waals surface area contributed by atoms with E-state index in [1.165, 1.54) is 0 Å². The van der Waals surface area contributed by atoms with Crippen LogP contribution in [-0.2, 0) is 14.9 Å². The normalized spacial score (nSPS) is 11.1. The van der Waals surface area contributed by atoms with Crippen molar-refractivity contribution in [2.45, 2.75) is 25.7 Å². The molecular formula is C8H17ClN2O4S. The molecular weight excluding hydrogens is 256 g/mol. The zero-order valence-electron chi connectivity index (χ0n) is 9.16. The summed E-state index contributed by atoms with van der Waals surface area (Å²) in [6.45, 7) is 0.286. The van der Waals surface area contributed by atoms with Crippen molar-refractivity contribution in [3.63, 3.8) is 0 Å². The minimum Gasteiger partial charge on any atom is -0.452 e. The molecule has 16 heavy (non-hydrogen) atoms. The Balaban J connectivity index is 3.63. The lowest BCUT2D eigenvalue weighted by molar-refractivity contribution is 0.177. The lowest BCUT2D eigenvalue weighted by atomic mass is 10.2. The van der Waals surface area contributed by atoms with Crippen molar-refractivity contribution in [1.82, 2.24) is 9.44 Å². The van der Waals surface area contributed by atoms with E-state index in [9.17, 15) is 13.2 Å². The fourth-order valence-corrected chi connectivity index (χ4v) is 1.94. The van der Waals surface area contributed by atoms with Gasteiger partial charge in [0.15, 0.2) is 0 Å². The van der Waals surface area contributed by atoms with Crippen LogP contribution >= 0.6 is 11.6 Å². The van der Waals surface area contributed by atoms with E-state index >= 15 is 0 Å². The van der Waals surface area contributed by atoms with Crippen LogP contribution in [0.2, 0.25) is 0 Å². The molecule has 0 unspecified atom stereocenters. The van der Waals surface area contributed by atoms with E-state index in [2.05, 4.69) is 9.46 Å². The van der Waals surface area contributed by atoms with Gasteiger partial charge < -0.3 is 4.74 Å². The highest BCUT2D eigenvalue weighted by Crippen LogP contribution is 2.00. The van der Waals surface area contributed by atoms with Crippen LogP contribution in [0, 0.1) is 0 Å². The Kier molecular flexibility index (Phi) is 8.32. The Morgan fingerprint density at radius 2 is 1.88 bits per heavy atom. The van der Waals surface area contributed by atoms with E-state index in [0.29, 0.717) is 12.3 Å². The summed E-state index contributed by atoms with van der Waals surface area (Å²) in [6.07, 6.45) is 2.49. The van der Waals surface area contributed by atoms with Gasteiger partial charge in [-0.3, -0.25) is 0 Å². The van der Waals surface area contributed by atoms with Gasteiger partial charge in [0.05, 0.1) is 7.11 Å². The Labute approximate surface area is 101 Å². The van der Waals surface area contributed by atoms with Gasteiger partial charge in [0.2, 0.25) is 0 Å². The lowest BCUT2D eigenvalue weighted by Crippen LogP contribution is -2.40. The van der Waals surface area contributed by atoms with Crippen molar-refractivity contribution in [3.8, 4) is 0 Å².